The zero-order valence-electron chi connectivity index (χ0n) is 10.8. The predicted octanol–water partition coefficient (Wildman–Crippen LogP) is 1.36. The molecule has 1 aliphatic rings. The highest BCUT2D eigenvalue weighted by molar-refractivity contribution is 5.82. The van der Waals surface area contributed by atoms with E-state index in [0.29, 0.717) is 25.4 Å². The standard InChI is InChI=1S/C14H19N3O2/c15-13(16-19)8-9-17(12-6-7-12)14(18)10-11-4-2-1-3-5-11/h1-5,12,19H,6-10H2,(H2,15,16). The van der Waals surface area contributed by atoms with Crippen molar-refractivity contribution in [3.8, 4) is 0 Å². The van der Waals surface area contributed by atoms with Gasteiger partial charge in [0.1, 0.15) is 5.84 Å². The van der Waals surface area contributed by atoms with Gasteiger partial charge < -0.3 is 15.8 Å². The molecule has 0 saturated heterocycles. The van der Waals surface area contributed by atoms with Crippen molar-refractivity contribution >= 4 is 11.7 Å². The quantitative estimate of drug-likeness (QED) is 0.351. The van der Waals surface area contributed by atoms with Crippen molar-refractivity contribution in [2.75, 3.05) is 6.54 Å². The molecule has 1 fully saturated rings. The number of nitrogens with zero attached hydrogens (tertiary/aromatic N) is 2. The van der Waals surface area contributed by atoms with E-state index in [0.717, 1.165) is 18.4 Å². The van der Waals surface area contributed by atoms with E-state index in [-0.39, 0.29) is 11.7 Å². The molecule has 1 aromatic carbocycles. The van der Waals surface area contributed by atoms with Crippen molar-refractivity contribution in [2.24, 2.45) is 10.9 Å². The van der Waals surface area contributed by atoms with Gasteiger partial charge in [0.15, 0.2) is 0 Å². The van der Waals surface area contributed by atoms with Crippen molar-refractivity contribution < 1.29 is 10.0 Å². The van der Waals surface area contributed by atoms with E-state index in [4.69, 9.17) is 10.9 Å². The lowest BCUT2D eigenvalue weighted by atomic mass is 10.1. The fourth-order valence-electron chi connectivity index (χ4n) is 2.05. The molecule has 1 aromatic rings. The summed E-state index contributed by atoms with van der Waals surface area (Å²) in [6, 6.07) is 10.0. The van der Waals surface area contributed by atoms with Crippen LogP contribution < -0.4 is 5.73 Å². The highest BCUT2D eigenvalue weighted by Gasteiger charge is 2.32. The number of rotatable bonds is 6. The molecule has 0 aromatic heterocycles. The Kier molecular flexibility index (Phi) is 4.39. The van der Waals surface area contributed by atoms with Crippen LogP contribution in [-0.2, 0) is 11.2 Å². The molecule has 19 heavy (non-hydrogen) atoms. The monoisotopic (exact) mass is 261 g/mol. The lowest BCUT2D eigenvalue weighted by Crippen LogP contribution is -2.36. The second-order valence-corrected chi connectivity index (χ2v) is 4.82. The number of carbonyl (C=O) groups is 1. The Morgan fingerprint density at radius 3 is 2.63 bits per heavy atom. The predicted molar refractivity (Wildman–Crippen MR) is 72.9 cm³/mol. The van der Waals surface area contributed by atoms with Gasteiger partial charge in [-0.05, 0) is 18.4 Å². The van der Waals surface area contributed by atoms with Crippen LogP contribution in [0.3, 0.4) is 0 Å². The lowest BCUT2D eigenvalue weighted by Gasteiger charge is -2.22. The molecule has 1 saturated carbocycles. The third-order valence-corrected chi connectivity index (χ3v) is 3.24. The Labute approximate surface area is 112 Å². The summed E-state index contributed by atoms with van der Waals surface area (Å²) in [5, 5.41) is 11.5. The molecular weight excluding hydrogens is 242 g/mol. The van der Waals surface area contributed by atoms with E-state index in [9.17, 15) is 4.79 Å². The van der Waals surface area contributed by atoms with Gasteiger partial charge in [0.2, 0.25) is 5.91 Å². The van der Waals surface area contributed by atoms with E-state index in [1.54, 1.807) is 0 Å². The van der Waals surface area contributed by atoms with Gasteiger partial charge in [-0.15, -0.1) is 0 Å². The normalized spacial score (nSPS) is 15.3. The topological polar surface area (TPSA) is 78.9 Å². The molecule has 0 heterocycles. The molecule has 2 rings (SSSR count). The first-order chi connectivity index (χ1) is 9.20. The largest absolute Gasteiger partial charge is 0.409 e. The average Bonchev–Trinajstić information content (AvgIpc) is 3.24. The first-order valence-corrected chi connectivity index (χ1v) is 6.50. The van der Waals surface area contributed by atoms with Crippen molar-refractivity contribution in [1.82, 2.24) is 4.90 Å². The van der Waals surface area contributed by atoms with Crippen molar-refractivity contribution in [3.63, 3.8) is 0 Å². The molecule has 1 aliphatic carbocycles. The van der Waals surface area contributed by atoms with Crippen LogP contribution in [0.15, 0.2) is 35.5 Å². The Morgan fingerprint density at radius 2 is 2.05 bits per heavy atom. The van der Waals surface area contributed by atoms with Gasteiger partial charge in [0, 0.05) is 19.0 Å². The first kappa shape index (κ1) is 13.4. The third-order valence-electron chi connectivity index (χ3n) is 3.24. The van der Waals surface area contributed by atoms with Gasteiger partial charge in [-0.25, -0.2) is 0 Å². The summed E-state index contributed by atoms with van der Waals surface area (Å²) < 4.78 is 0. The molecule has 1 amide bonds. The van der Waals surface area contributed by atoms with Gasteiger partial charge >= 0.3 is 0 Å². The van der Waals surface area contributed by atoms with Crippen LogP contribution >= 0.6 is 0 Å². The van der Waals surface area contributed by atoms with Gasteiger partial charge in [-0.3, -0.25) is 4.79 Å². The maximum Gasteiger partial charge on any atom is 0.227 e. The molecule has 0 spiro atoms. The molecule has 3 N–H and O–H groups in total. The highest BCUT2D eigenvalue weighted by atomic mass is 16.4. The fraction of sp³-hybridized carbons (Fsp3) is 0.429. The number of amides is 1. The van der Waals surface area contributed by atoms with Crippen LogP contribution in [0.25, 0.3) is 0 Å². The zero-order chi connectivity index (χ0) is 13.7. The van der Waals surface area contributed by atoms with Crippen LogP contribution in [0.1, 0.15) is 24.8 Å². The molecule has 0 aliphatic heterocycles. The summed E-state index contributed by atoms with van der Waals surface area (Å²) in [7, 11) is 0. The fourth-order valence-corrected chi connectivity index (χ4v) is 2.05. The summed E-state index contributed by atoms with van der Waals surface area (Å²) in [5.74, 6) is 0.276. The summed E-state index contributed by atoms with van der Waals surface area (Å²) in [6.07, 6.45) is 2.93. The molecule has 0 unspecified atom stereocenters. The summed E-state index contributed by atoms with van der Waals surface area (Å²) in [5.41, 5.74) is 6.47. The van der Waals surface area contributed by atoms with Crippen LogP contribution in [0.2, 0.25) is 0 Å². The maximum absolute atomic E-state index is 12.3. The van der Waals surface area contributed by atoms with Crippen LogP contribution in [-0.4, -0.2) is 34.4 Å². The minimum Gasteiger partial charge on any atom is -0.409 e. The van der Waals surface area contributed by atoms with Gasteiger partial charge in [-0.2, -0.15) is 0 Å². The maximum atomic E-state index is 12.3. The molecule has 0 atom stereocenters. The van der Waals surface area contributed by atoms with Crippen LogP contribution in [0.5, 0.6) is 0 Å². The molecule has 5 nitrogen and oxygen atoms in total. The molecule has 0 radical (unpaired) electrons. The van der Waals surface area contributed by atoms with Crippen LogP contribution in [0, 0.1) is 0 Å². The Hall–Kier alpha value is -2.04. The van der Waals surface area contributed by atoms with E-state index in [2.05, 4.69) is 5.16 Å². The molecule has 5 heteroatoms. The SMILES string of the molecule is N/C(CCN(C(=O)Cc1ccccc1)C1CC1)=N/O. The van der Waals surface area contributed by atoms with E-state index in [1.165, 1.54) is 0 Å². The number of oxime groups is 1. The summed E-state index contributed by atoms with van der Waals surface area (Å²) >= 11 is 0. The van der Waals surface area contributed by atoms with Gasteiger partial charge in [0.05, 0.1) is 6.42 Å². The Bertz CT molecular complexity index is 455. The number of carbonyl (C=O) groups excluding carboxylic acids is 1. The number of benzene rings is 1. The Balaban J connectivity index is 1.93. The average molecular weight is 261 g/mol. The number of hydrogen-bond donors (Lipinski definition) is 2. The van der Waals surface area contributed by atoms with E-state index in [1.807, 2.05) is 35.2 Å². The lowest BCUT2D eigenvalue weighted by molar-refractivity contribution is -0.130. The Morgan fingerprint density at radius 1 is 1.37 bits per heavy atom. The molecule has 0 bridgehead atoms. The van der Waals surface area contributed by atoms with E-state index >= 15 is 0 Å². The third kappa shape index (κ3) is 3.98. The second-order valence-electron chi connectivity index (χ2n) is 4.82. The zero-order valence-corrected chi connectivity index (χ0v) is 10.8. The first-order valence-electron chi connectivity index (χ1n) is 6.50. The number of nitrogens with two attached hydrogens (primary N) is 1. The number of hydrogen-bond acceptors (Lipinski definition) is 3. The van der Waals surface area contributed by atoms with Gasteiger partial charge in [-0.1, -0.05) is 35.5 Å². The molecule has 102 valence electrons. The second kappa shape index (κ2) is 6.22. The van der Waals surface area contributed by atoms with Crippen molar-refractivity contribution in [2.45, 2.75) is 31.7 Å². The van der Waals surface area contributed by atoms with Crippen LogP contribution in [0.4, 0.5) is 0 Å². The molecular formula is C14H19N3O2. The smallest absolute Gasteiger partial charge is 0.227 e. The highest BCUT2D eigenvalue weighted by Crippen LogP contribution is 2.27. The van der Waals surface area contributed by atoms with E-state index < -0.39 is 0 Å². The van der Waals surface area contributed by atoms with Crippen molar-refractivity contribution in [1.29, 1.82) is 0 Å². The summed E-state index contributed by atoms with van der Waals surface area (Å²) in [6.45, 7) is 0.520. The summed E-state index contributed by atoms with van der Waals surface area (Å²) in [4.78, 5) is 14.1. The van der Waals surface area contributed by atoms with Gasteiger partial charge in [0.25, 0.3) is 0 Å². The number of amidine groups is 1. The van der Waals surface area contributed by atoms with Crippen molar-refractivity contribution in [3.05, 3.63) is 35.9 Å². The minimum absolute atomic E-state index is 0.111. The minimum atomic E-state index is 0.111.